The Balaban J connectivity index is 1.16. The summed E-state index contributed by atoms with van der Waals surface area (Å²) in [6.07, 6.45) is 0.998. The first kappa shape index (κ1) is 31.2. The fourth-order valence-electron chi connectivity index (χ4n) is 5.83. The van der Waals surface area contributed by atoms with Gasteiger partial charge in [-0.05, 0) is 41.3 Å². The van der Waals surface area contributed by atoms with Crippen molar-refractivity contribution in [3.63, 3.8) is 0 Å². The molecule has 1 aliphatic heterocycles. The van der Waals surface area contributed by atoms with Crippen LogP contribution in [0.1, 0.15) is 39.0 Å². The van der Waals surface area contributed by atoms with E-state index in [2.05, 4.69) is 51.3 Å². The second kappa shape index (κ2) is 12.0. The molecule has 6 aromatic rings. The first-order valence-corrected chi connectivity index (χ1v) is 15.5. The molecule has 0 unspecified atom stereocenters. The molecular formula is C33H35N9O6. The van der Waals surface area contributed by atoms with Gasteiger partial charge in [-0.1, -0.05) is 32.9 Å². The third-order valence-corrected chi connectivity index (χ3v) is 8.46. The van der Waals surface area contributed by atoms with Crippen molar-refractivity contribution in [3.8, 4) is 5.75 Å². The van der Waals surface area contributed by atoms with Crippen LogP contribution in [-0.2, 0) is 22.0 Å². The van der Waals surface area contributed by atoms with E-state index in [-0.39, 0.29) is 48.1 Å². The molecular weight excluding hydrogens is 618 g/mol. The average molecular weight is 654 g/mol. The zero-order valence-electron chi connectivity index (χ0n) is 26.8. The number of aromatic nitrogens is 7. The van der Waals surface area contributed by atoms with Gasteiger partial charge in [0.25, 0.3) is 11.5 Å². The SMILES string of the molecule is Cn1c(NC(=O)COc2ccc(C(C)(C)C)cc2)nc2c3cccnc3c(Nc3nc4c(ncn4[C@H]4C[C@H](O)[C@@H](CO)O4)c(=O)[nH]3)cc21. The van der Waals surface area contributed by atoms with Crippen molar-refractivity contribution < 1.29 is 24.5 Å². The van der Waals surface area contributed by atoms with Crippen molar-refractivity contribution in [1.29, 1.82) is 0 Å². The van der Waals surface area contributed by atoms with Gasteiger partial charge in [0.1, 0.15) is 23.6 Å². The number of aryl methyl sites for hydroxylation is 1. The molecule has 1 fully saturated rings. The fraction of sp³-hybridized carbons (Fsp3) is 0.333. The monoisotopic (exact) mass is 653 g/mol. The van der Waals surface area contributed by atoms with Crippen molar-refractivity contribution in [3.05, 3.63) is 70.9 Å². The third kappa shape index (κ3) is 5.72. The number of fused-ring (bicyclic) bond motifs is 4. The Bertz CT molecular complexity index is 2220. The molecule has 5 heterocycles. The van der Waals surface area contributed by atoms with Crippen molar-refractivity contribution >= 4 is 56.6 Å². The number of aliphatic hydroxyl groups is 2. The van der Waals surface area contributed by atoms with Crippen LogP contribution in [0.15, 0.2) is 59.8 Å². The van der Waals surface area contributed by atoms with Crippen LogP contribution in [0, 0.1) is 0 Å². The summed E-state index contributed by atoms with van der Waals surface area (Å²) in [4.78, 5) is 46.7. The largest absolute Gasteiger partial charge is 0.484 e. The molecule has 1 saturated heterocycles. The van der Waals surface area contributed by atoms with Gasteiger partial charge in [0.05, 0.1) is 35.8 Å². The maximum Gasteiger partial charge on any atom is 0.280 e. The minimum absolute atomic E-state index is 0.0114. The Hall–Kier alpha value is -5.38. The van der Waals surface area contributed by atoms with Crippen LogP contribution in [0.4, 0.5) is 17.6 Å². The minimum Gasteiger partial charge on any atom is -0.484 e. The second-order valence-electron chi connectivity index (χ2n) is 12.8. The van der Waals surface area contributed by atoms with Gasteiger partial charge in [-0.15, -0.1) is 0 Å². The smallest absolute Gasteiger partial charge is 0.280 e. The molecule has 0 aliphatic carbocycles. The van der Waals surface area contributed by atoms with E-state index < -0.39 is 24.0 Å². The lowest BCUT2D eigenvalue weighted by Gasteiger charge is -2.19. The van der Waals surface area contributed by atoms with Gasteiger partial charge in [-0.2, -0.15) is 4.98 Å². The van der Waals surface area contributed by atoms with Crippen LogP contribution in [0.5, 0.6) is 5.75 Å². The van der Waals surface area contributed by atoms with Crippen LogP contribution in [0.25, 0.3) is 33.1 Å². The van der Waals surface area contributed by atoms with Crippen LogP contribution < -0.4 is 20.9 Å². The number of ether oxygens (including phenoxy) is 2. The summed E-state index contributed by atoms with van der Waals surface area (Å²) in [6, 6.07) is 13.1. The molecule has 5 N–H and O–H groups in total. The standard InChI is InChI=1S/C33H35N9O6/c1-33(2,3)17-7-9-18(10-8-17)47-15-24(45)37-32-38-27-19-6-5-11-34-26(19)20(12-21(27)41(32)4)36-31-39-29-28(30(46)40-31)35-16-42(29)25-13-22(44)23(14-43)48-25/h5-12,16,22-23,25,43-44H,13-15H2,1-4H3,(H,37,38,45)(H2,36,39,40,46)/t22-,23+,25+/m0/s1. The number of pyridine rings is 1. The molecule has 1 aliphatic rings. The van der Waals surface area contributed by atoms with Crippen LogP contribution in [-0.4, -0.2) is 75.6 Å². The summed E-state index contributed by atoms with van der Waals surface area (Å²) in [7, 11) is 1.78. The van der Waals surface area contributed by atoms with E-state index in [1.807, 2.05) is 36.4 Å². The average Bonchev–Trinajstić information content (AvgIpc) is 3.75. The Kier molecular flexibility index (Phi) is 7.81. The normalized spacial score (nSPS) is 18.2. The number of aliphatic hydroxyl groups excluding tert-OH is 2. The Morgan fingerprint density at radius 2 is 1.92 bits per heavy atom. The number of amides is 1. The number of carbonyl (C=O) groups excluding carboxylic acids is 1. The topological polar surface area (TPSA) is 194 Å². The van der Waals surface area contributed by atoms with Crippen LogP contribution in [0.3, 0.4) is 0 Å². The summed E-state index contributed by atoms with van der Waals surface area (Å²) in [5.74, 6) is 0.665. The number of nitrogens with one attached hydrogen (secondary N) is 3. The molecule has 1 amide bonds. The molecule has 48 heavy (non-hydrogen) atoms. The van der Waals surface area contributed by atoms with Crippen LogP contribution in [0.2, 0.25) is 0 Å². The lowest BCUT2D eigenvalue weighted by atomic mass is 9.87. The minimum atomic E-state index is -0.868. The molecule has 0 radical (unpaired) electrons. The third-order valence-electron chi connectivity index (χ3n) is 8.46. The Morgan fingerprint density at radius 3 is 2.65 bits per heavy atom. The molecule has 15 heteroatoms. The molecule has 0 spiro atoms. The second-order valence-corrected chi connectivity index (χ2v) is 12.8. The number of carbonyl (C=O) groups is 1. The number of nitrogens with zero attached hydrogens (tertiary/aromatic N) is 6. The first-order chi connectivity index (χ1) is 23.0. The molecule has 15 nitrogen and oxygen atoms in total. The molecule has 248 valence electrons. The van der Waals surface area contributed by atoms with Crippen molar-refractivity contribution in [2.75, 3.05) is 23.8 Å². The van der Waals surface area contributed by atoms with Gasteiger partial charge in [-0.3, -0.25) is 29.4 Å². The fourth-order valence-corrected chi connectivity index (χ4v) is 5.83. The van der Waals surface area contributed by atoms with E-state index in [0.717, 1.165) is 0 Å². The highest BCUT2D eigenvalue weighted by atomic mass is 16.5. The highest BCUT2D eigenvalue weighted by molar-refractivity contribution is 6.10. The summed E-state index contributed by atoms with van der Waals surface area (Å²) in [6.45, 7) is 5.86. The predicted octanol–water partition coefficient (Wildman–Crippen LogP) is 3.25. The zero-order valence-corrected chi connectivity index (χ0v) is 26.8. The summed E-state index contributed by atoms with van der Waals surface area (Å²) >= 11 is 0. The van der Waals surface area contributed by atoms with Gasteiger partial charge in [-0.25, -0.2) is 9.97 Å². The molecule has 0 bridgehead atoms. The maximum absolute atomic E-state index is 13.0. The van der Waals surface area contributed by atoms with E-state index in [1.165, 1.54) is 11.9 Å². The molecule has 2 aromatic carbocycles. The number of rotatable bonds is 8. The lowest BCUT2D eigenvalue weighted by molar-refractivity contribution is -0.118. The Morgan fingerprint density at radius 1 is 1.12 bits per heavy atom. The number of hydrogen-bond donors (Lipinski definition) is 5. The summed E-state index contributed by atoms with van der Waals surface area (Å²) < 4.78 is 14.8. The zero-order chi connectivity index (χ0) is 33.7. The van der Waals surface area contributed by atoms with Gasteiger partial charge in [0.15, 0.2) is 17.8 Å². The van der Waals surface area contributed by atoms with E-state index >= 15 is 0 Å². The number of hydrogen-bond acceptors (Lipinski definition) is 11. The quantitative estimate of drug-likeness (QED) is 0.162. The van der Waals surface area contributed by atoms with E-state index in [0.29, 0.717) is 39.3 Å². The number of imidazole rings is 2. The molecule has 4 aromatic heterocycles. The van der Waals surface area contributed by atoms with E-state index in [9.17, 15) is 19.8 Å². The molecule has 3 atom stereocenters. The summed E-state index contributed by atoms with van der Waals surface area (Å²) in [5, 5.41) is 26.5. The van der Waals surface area contributed by atoms with Gasteiger partial charge in [0.2, 0.25) is 11.9 Å². The van der Waals surface area contributed by atoms with Crippen molar-refractivity contribution in [2.45, 2.75) is 51.0 Å². The number of anilines is 3. The predicted molar refractivity (Wildman–Crippen MR) is 178 cm³/mol. The lowest BCUT2D eigenvalue weighted by Crippen LogP contribution is -2.24. The highest BCUT2D eigenvalue weighted by Crippen LogP contribution is 2.34. The first-order valence-electron chi connectivity index (χ1n) is 15.5. The van der Waals surface area contributed by atoms with Crippen molar-refractivity contribution in [1.82, 2.24) is 34.1 Å². The van der Waals surface area contributed by atoms with Gasteiger partial charge in [0, 0.05) is 25.1 Å². The number of H-pyrrole nitrogens is 1. The van der Waals surface area contributed by atoms with Gasteiger partial charge < -0.3 is 29.6 Å². The Labute approximate surface area is 273 Å². The maximum atomic E-state index is 13.0. The molecule has 0 saturated carbocycles. The van der Waals surface area contributed by atoms with E-state index in [4.69, 9.17) is 14.5 Å². The van der Waals surface area contributed by atoms with E-state index in [1.54, 1.807) is 28.4 Å². The number of aromatic amines is 1. The summed E-state index contributed by atoms with van der Waals surface area (Å²) in [5.41, 5.74) is 3.44. The highest BCUT2D eigenvalue weighted by Gasteiger charge is 2.35. The van der Waals surface area contributed by atoms with Crippen molar-refractivity contribution in [2.24, 2.45) is 7.05 Å². The van der Waals surface area contributed by atoms with Crippen LogP contribution >= 0.6 is 0 Å². The number of benzene rings is 2. The van der Waals surface area contributed by atoms with Gasteiger partial charge >= 0.3 is 0 Å². The molecule has 7 rings (SSSR count).